The Labute approximate surface area is 199 Å². The number of benzene rings is 2. The van der Waals surface area contributed by atoms with Gasteiger partial charge >= 0.3 is 6.18 Å². The summed E-state index contributed by atoms with van der Waals surface area (Å²) in [4.78, 5) is 22.7. The van der Waals surface area contributed by atoms with Gasteiger partial charge in [0.25, 0.3) is 5.56 Å². The van der Waals surface area contributed by atoms with Crippen molar-refractivity contribution in [3.63, 3.8) is 0 Å². The van der Waals surface area contributed by atoms with E-state index in [4.69, 9.17) is 4.52 Å². The second kappa shape index (κ2) is 8.73. The standard InChI is InChI=1S/C23H15F3N4O2S2/c1-30-21(31)19-16(11-17(34-19)13-6-3-2-4-7-13)27-22(30)33-12-18-28-20(29-32-18)14-8-5-9-15(10-14)23(24,25)26/h2-11H,12H2,1H3. The van der Waals surface area contributed by atoms with Crippen LogP contribution in [0.5, 0.6) is 0 Å². The van der Waals surface area contributed by atoms with Crippen LogP contribution in [-0.2, 0) is 19.0 Å². The Balaban J connectivity index is 1.38. The van der Waals surface area contributed by atoms with Crippen molar-refractivity contribution in [3.8, 4) is 21.8 Å². The van der Waals surface area contributed by atoms with Gasteiger partial charge in [-0.15, -0.1) is 11.3 Å². The van der Waals surface area contributed by atoms with Crippen LogP contribution in [0.3, 0.4) is 0 Å². The van der Waals surface area contributed by atoms with Gasteiger partial charge in [-0.3, -0.25) is 9.36 Å². The average Bonchev–Trinajstić information content (AvgIpc) is 3.48. The highest BCUT2D eigenvalue weighted by atomic mass is 32.2. The largest absolute Gasteiger partial charge is 0.416 e. The number of nitrogens with zero attached hydrogens (tertiary/aromatic N) is 4. The summed E-state index contributed by atoms with van der Waals surface area (Å²) >= 11 is 2.62. The third kappa shape index (κ3) is 4.36. The Morgan fingerprint density at radius 3 is 2.56 bits per heavy atom. The minimum Gasteiger partial charge on any atom is -0.338 e. The van der Waals surface area contributed by atoms with Crippen molar-refractivity contribution in [1.29, 1.82) is 0 Å². The van der Waals surface area contributed by atoms with E-state index < -0.39 is 11.7 Å². The van der Waals surface area contributed by atoms with Crippen LogP contribution in [0, 0.1) is 0 Å². The summed E-state index contributed by atoms with van der Waals surface area (Å²) in [5, 5.41) is 4.26. The SMILES string of the molecule is Cn1c(SCc2nc(-c3cccc(C(F)(F)F)c3)no2)nc2cc(-c3ccccc3)sc2c1=O. The highest BCUT2D eigenvalue weighted by molar-refractivity contribution is 7.98. The first-order valence-electron chi connectivity index (χ1n) is 9.98. The molecule has 3 heterocycles. The Morgan fingerprint density at radius 1 is 1.03 bits per heavy atom. The van der Waals surface area contributed by atoms with Gasteiger partial charge < -0.3 is 4.52 Å². The highest BCUT2D eigenvalue weighted by Gasteiger charge is 2.30. The van der Waals surface area contributed by atoms with Gasteiger partial charge in [0.1, 0.15) is 4.70 Å². The van der Waals surface area contributed by atoms with Crippen LogP contribution in [0.25, 0.3) is 32.0 Å². The number of rotatable bonds is 5. The molecule has 2 aromatic carbocycles. The average molecular weight is 501 g/mol. The molecule has 0 atom stereocenters. The Bertz CT molecular complexity index is 1540. The van der Waals surface area contributed by atoms with Gasteiger partial charge in [0, 0.05) is 17.5 Å². The lowest BCUT2D eigenvalue weighted by molar-refractivity contribution is -0.137. The molecular formula is C23H15F3N4O2S2. The second-order valence-electron chi connectivity index (χ2n) is 7.33. The number of hydrogen-bond donors (Lipinski definition) is 0. The van der Waals surface area contributed by atoms with E-state index in [0.29, 0.717) is 15.4 Å². The van der Waals surface area contributed by atoms with Crippen molar-refractivity contribution < 1.29 is 17.7 Å². The van der Waals surface area contributed by atoms with Gasteiger partial charge in [0.2, 0.25) is 11.7 Å². The molecule has 0 aliphatic heterocycles. The molecule has 0 amide bonds. The van der Waals surface area contributed by atoms with Gasteiger partial charge in [0.05, 0.1) is 16.8 Å². The lowest BCUT2D eigenvalue weighted by atomic mass is 10.1. The summed E-state index contributed by atoms with van der Waals surface area (Å²) < 4.78 is 46.2. The number of fused-ring (bicyclic) bond motifs is 1. The molecule has 3 aromatic heterocycles. The lowest BCUT2D eigenvalue weighted by Crippen LogP contribution is -2.18. The molecule has 0 aliphatic carbocycles. The lowest BCUT2D eigenvalue weighted by Gasteiger charge is -2.06. The molecule has 0 spiro atoms. The summed E-state index contributed by atoms with van der Waals surface area (Å²) in [5.74, 6) is 0.472. The van der Waals surface area contributed by atoms with Gasteiger partial charge in [-0.1, -0.05) is 59.4 Å². The smallest absolute Gasteiger partial charge is 0.338 e. The molecule has 0 saturated carbocycles. The van der Waals surface area contributed by atoms with Crippen molar-refractivity contribution in [2.45, 2.75) is 17.1 Å². The molecule has 5 rings (SSSR count). The monoisotopic (exact) mass is 500 g/mol. The van der Waals surface area contributed by atoms with E-state index in [0.717, 1.165) is 22.6 Å². The predicted molar refractivity (Wildman–Crippen MR) is 125 cm³/mol. The zero-order valence-corrected chi connectivity index (χ0v) is 19.2. The van der Waals surface area contributed by atoms with Crippen LogP contribution < -0.4 is 5.56 Å². The number of halogens is 3. The van der Waals surface area contributed by atoms with Crippen LogP contribution in [0.15, 0.2) is 75.1 Å². The van der Waals surface area contributed by atoms with Gasteiger partial charge in [-0.05, 0) is 23.8 Å². The topological polar surface area (TPSA) is 73.8 Å². The molecule has 5 aromatic rings. The van der Waals surface area contributed by atoms with Crippen molar-refractivity contribution >= 4 is 33.3 Å². The highest BCUT2D eigenvalue weighted by Crippen LogP contribution is 2.33. The van der Waals surface area contributed by atoms with E-state index in [1.807, 2.05) is 36.4 Å². The minimum atomic E-state index is -4.46. The first-order chi connectivity index (χ1) is 16.3. The van der Waals surface area contributed by atoms with Crippen LogP contribution in [0.4, 0.5) is 13.2 Å². The predicted octanol–water partition coefficient (Wildman–Crippen LogP) is 6.02. The molecule has 172 valence electrons. The Hall–Kier alpha value is -3.44. The maximum atomic E-state index is 13.0. The summed E-state index contributed by atoms with van der Waals surface area (Å²) in [6.45, 7) is 0. The molecule has 11 heteroatoms. The van der Waals surface area contributed by atoms with Gasteiger partial charge in [-0.2, -0.15) is 18.2 Å². The maximum Gasteiger partial charge on any atom is 0.416 e. The fraction of sp³-hybridized carbons (Fsp3) is 0.130. The molecule has 0 aliphatic rings. The minimum absolute atomic E-state index is 0.0596. The van der Waals surface area contributed by atoms with E-state index >= 15 is 0 Å². The molecule has 0 radical (unpaired) electrons. The van der Waals surface area contributed by atoms with E-state index in [9.17, 15) is 18.0 Å². The number of thioether (sulfide) groups is 1. The molecule has 0 bridgehead atoms. The van der Waals surface area contributed by atoms with Crippen LogP contribution in [0.1, 0.15) is 11.5 Å². The molecule has 0 fully saturated rings. The van der Waals surface area contributed by atoms with E-state index in [1.165, 1.54) is 39.8 Å². The fourth-order valence-corrected chi connectivity index (χ4v) is 5.19. The molecular weight excluding hydrogens is 485 g/mol. The molecule has 6 nitrogen and oxygen atoms in total. The number of hydrogen-bond acceptors (Lipinski definition) is 7. The second-order valence-corrected chi connectivity index (χ2v) is 9.32. The van der Waals surface area contributed by atoms with Crippen LogP contribution in [0.2, 0.25) is 0 Å². The first-order valence-corrected chi connectivity index (χ1v) is 11.8. The third-order valence-corrected chi connectivity index (χ3v) is 7.19. The molecule has 0 unspecified atom stereocenters. The third-order valence-electron chi connectivity index (χ3n) is 5.01. The normalized spacial score (nSPS) is 11.9. The van der Waals surface area contributed by atoms with Crippen molar-refractivity contribution in [2.24, 2.45) is 7.05 Å². The van der Waals surface area contributed by atoms with Gasteiger partial charge in [-0.25, -0.2) is 4.98 Å². The van der Waals surface area contributed by atoms with E-state index in [2.05, 4.69) is 15.1 Å². The quantitative estimate of drug-likeness (QED) is 0.217. The van der Waals surface area contributed by atoms with Crippen molar-refractivity contribution in [2.75, 3.05) is 0 Å². The van der Waals surface area contributed by atoms with E-state index in [-0.39, 0.29) is 28.6 Å². The summed E-state index contributed by atoms with van der Waals surface area (Å²) in [6, 6.07) is 16.4. The molecule has 0 N–H and O–H groups in total. The number of thiophene rings is 1. The summed E-state index contributed by atoms with van der Waals surface area (Å²) in [7, 11) is 1.64. The number of alkyl halides is 3. The fourth-order valence-electron chi connectivity index (χ4n) is 3.30. The van der Waals surface area contributed by atoms with E-state index in [1.54, 1.807) is 7.05 Å². The summed E-state index contributed by atoms with van der Waals surface area (Å²) in [5.41, 5.74) is 0.867. The molecule has 0 saturated heterocycles. The van der Waals surface area contributed by atoms with Crippen LogP contribution >= 0.6 is 23.1 Å². The van der Waals surface area contributed by atoms with Gasteiger partial charge in [0.15, 0.2) is 5.16 Å². The summed E-state index contributed by atoms with van der Waals surface area (Å²) in [6.07, 6.45) is -4.46. The maximum absolute atomic E-state index is 13.0. The van der Waals surface area contributed by atoms with Crippen LogP contribution in [-0.4, -0.2) is 19.7 Å². The Morgan fingerprint density at radius 2 is 1.79 bits per heavy atom. The zero-order valence-electron chi connectivity index (χ0n) is 17.5. The molecule has 34 heavy (non-hydrogen) atoms. The Kier molecular flexibility index (Phi) is 5.74. The van der Waals surface area contributed by atoms with Crippen molar-refractivity contribution in [1.82, 2.24) is 19.7 Å². The van der Waals surface area contributed by atoms with Crippen molar-refractivity contribution in [3.05, 3.63) is 82.5 Å². The first kappa shape index (κ1) is 22.4. The number of aromatic nitrogens is 4. The zero-order chi connectivity index (χ0) is 23.9.